The highest BCUT2D eigenvalue weighted by atomic mass is 79.9. The monoisotopic (exact) mass is 575 g/mol. The van der Waals surface area contributed by atoms with Crippen LogP contribution in [0.15, 0.2) is 113 Å². The predicted molar refractivity (Wildman–Crippen MR) is 152 cm³/mol. The quantitative estimate of drug-likeness (QED) is 0.200. The molecular weight excluding hydrogens is 554 g/mol. The summed E-state index contributed by atoms with van der Waals surface area (Å²) in [6.07, 6.45) is 1.67. The number of nitrogens with zero attached hydrogens (tertiary/aromatic N) is 2. The molecule has 6 nitrogen and oxygen atoms in total. The molecule has 0 unspecified atom stereocenters. The zero-order valence-corrected chi connectivity index (χ0v) is 22.2. The third-order valence-corrected chi connectivity index (χ3v) is 8.71. The lowest BCUT2D eigenvalue weighted by molar-refractivity contribution is -0.122. The number of rotatable bonds is 4. The van der Waals surface area contributed by atoms with Gasteiger partial charge in [0.2, 0.25) is 11.8 Å². The zero-order valence-electron chi connectivity index (χ0n) is 20.6. The molecule has 0 aromatic heterocycles. The Balaban J connectivity index is 1.41. The number of imide groups is 1. The molecule has 1 fully saturated rings. The molecule has 1 saturated heterocycles. The molecule has 0 saturated carbocycles. The van der Waals surface area contributed by atoms with Crippen LogP contribution in [0.1, 0.15) is 38.5 Å². The minimum Gasteiger partial charge on any atom is -0.274 e. The maximum Gasteiger partial charge on any atom is 0.271 e. The van der Waals surface area contributed by atoms with E-state index in [-0.39, 0.29) is 23.6 Å². The van der Waals surface area contributed by atoms with E-state index >= 15 is 0 Å². The highest BCUT2D eigenvalue weighted by Crippen LogP contribution is 2.63. The molecule has 8 rings (SSSR count). The van der Waals surface area contributed by atoms with Crippen molar-refractivity contribution in [3.05, 3.63) is 135 Å². The molecule has 3 aliphatic carbocycles. The largest absolute Gasteiger partial charge is 0.274 e. The highest BCUT2D eigenvalue weighted by Gasteiger charge is 2.68. The van der Waals surface area contributed by atoms with Crippen molar-refractivity contribution in [2.75, 3.05) is 4.90 Å². The lowest BCUT2D eigenvalue weighted by Crippen LogP contribution is -2.54. The molecule has 4 aliphatic rings. The van der Waals surface area contributed by atoms with Crippen LogP contribution in [0.25, 0.3) is 0 Å². The van der Waals surface area contributed by atoms with Gasteiger partial charge in [-0.3, -0.25) is 14.4 Å². The Hall–Kier alpha value is -4.36. The first-order valence-electron chi connectivity index (χ1n) is 12.7. The first-order chi connectivity index (χ1) is 19.0. The van der Waals surface area contributed by atoms with Gasteiger partial charge in [-0.25, -0.2) is 10.3 Å². The topological polar surface area (TPSA) is 78.8 Å². The fourth-order valence-electron chi connectivity index (χ4n) is 6.77. The van der Waals surface area contributed by atoms with Crippen LogP contribution in [0.4, 0.5) is 5.69 Å². The van der Waals surface area contributed by atoms with Crippen LogP contribution in [0, 0.1) is 11.8 Å². The lowest BCUT2D eigenvalue weighted by atomic mass is 9.47. The molecule has 4 aromatic carbocycles. The minimum atomic E-state index is -1.03. The van der Waals surface area contributed by atoms with Gasteiger partial charge in [-0.2, -0.15) is 5.10 Å². The minimum absolute atomic E-state index is 0.207. The summed E-state index contributed by atoms with van der Waals surface area (Å²) >= 11 is 3.40. The predicted octanol–water partition coefficient (Wildman–Crippen LogP) is 5.42. The molecular formula is C32H22BrN3O3. The Bertz CT molecular complexity index is 1650. The molecule has 190 valence electrons. The summed E-state index contributed by atoms with van der Waals surface area (Å²) in [5.74, 6) is -2.37. The van der Waals surface area contributed by atoms with Crippen LogP contribution < -0.4 is 10.3 Å². The summed E-state index contributed by atoms with van der Waals surface area (Å²) in [6.45, 7) is 0. The highest BCUT2D eigenvalue weighted by molar-refractivity contribution is 9.10. The fraction of sp³-hybridized carbons (Fsp3) is 0.125. The Morgan fingerprint density at radius 1 is 0.821 bits per heavy atom. The van der Waals surface area contributed by atoms with E-state index in [1.54, 1.807) is 36.5 Å². The maximum atomic E-state index is 14.3. The average Bonchev–Trinajstić information content (AvgIpc) is 3.24. The van der Waals surface area contributed by atoms with E-state index in [0.29, 0.717) is 11.3 Å². The van der Waals surface area contributed by atoms with Gasteiger partial charge in [0.05, 0.1) is 22.9 Å². The van der Waals surface area contributed by atoms with Gasteiger partial charge in [0.25, 0.3) is 5.91 Å². The summed E-state index contributed by atoms with van der Waals surface area (Å²) < 4.78 is 0.782. The fourth-order valence-corrected chi connectivity index (χ4v) is 7.17. The van der Waals surface area contributed by atoms with Crippen LogP contribution in [0.2, 0.25) is 0 Å². The van der Waals surface area contributed by atoms with E-state index in [0.717, 1.165) is 26.7 Å². The summed E-state index contributed by atoms with van der Waals surface area (Å²) in [6, 6.07) is 32.1. The van der Waals surface area contributed by atoms with E-state index in [1.807, 2.05) is 72.8 Å². The number of para-hydroxylation sites is 1. The standard InChI is InChI=1S/C32H22BrN3O3/c33-20-10-8-9-19(17-20)29(37)35-34-18-32-24-15-6-4-13-22(24)26(23-14-5-7-16-25(23)32)27-28(32)31(39)36(30(27)38)21-11-2-1-3-12-21/h1-18,26-28H,(H,35,37)/b34-18-/t26?,27-,28+,32?/m1/s1. The Morgan fingerprint density at radius 2 is 1.46 bits per heavy atom. The van der Waals surface area contributed by atoms with Crippen molar-refractivity contribution < 1.29 is 14.4 Å². The van der Waals surface area contributed by atoms with Crippen molar-refractivity contribution in [3.8, 4) is 0 Å². The molecule has 7 heteroatoms. The van der Waals surface area contributed by atoms with Gasteiger partial charge in [-0.05, 0) is 52.6 Å². The summed E-state index contributed by atoms with van der Waals surface area (Å²) in [7, 11) is 0. The van der Waals surface area contributed by atoms with Gasteiger partial charge in [-0.15, -0.1) is 0 Å². The summed E-state index contributed by atoms with van der Waals surface area (Å²) in [5.41, 5.74) is 6.53. The Morgan fingerprint density at radius 3 is 2.13 bits per heavy atom. The van der Waals surface area contributed by atoms with Crippen LogP contribution in [-0.2, 0) is 15.0 Å². The number of carbonyl (C=O) groups is 3. The van der Waals surface area contributed by atoms with Crippen molar-refractivity contribution in [2.24, 2.45) is 16.9 Å². The summed E-state index contributed by atoms with van der Waals surface area (Å²) in [4.78, 5) is 42.6. The molecule has 1 aliphatic heterocycles. The summed E-state index contributed by atoms with van der Waals surface area (Å²) in [5, 5.41) is 4.46. The van der Waals surface area contributed by atoms with E-state index in [1.165, 1.54) is 4.90 Å². The molecule has 2 bridgehead atoms. The average molecular weight is 576 g/mol. The molecule has 4 aromatic rings. The third kappa shape index (κ3) is 3.32. The van der Waals surface area contributed by atoms with Crippen LogP contribution >= 0.6 is 15.9 Å². The number of hydrogen-bond donors (Lipinski definition) is 1. The molecule has 0 spiro atoms. The van der Waals surface area contributed by atoms with Gasteiger partial charge in [0, 0.05) is 22.2 Å². The second-order valence-corrected chi connectivity index (χ2v) is 11.0. The first kappa shape index (κ1) is 23.7. The van der Waals surface area contributed by atoms with Crippen molar-refractivity contribution in [2.45, 2.75) is 11.3 Å². The second-order valence-electron chi connectivity index (χ2n) is 10.1. The van der Waals surface area contributed by atoms with E-state index in [9.17, 15) is 14.4 Å². The number of anilines is 1. The number of amides is 3. The molecule has 3 amide bonds. The number of carbonyl (C=O) groups excluding carboxylic acids is 3. The molecule has 39 heavy (non-hydrogen) atoms. The van der Waals surface area contributed by atoms with E-state index in [2.05, 4.69) is 26.5 Å². The number of hydrazone groups is 1. The Kier molecular flexibility index (Phi) is 5.39. The van der Waals surface area contributed by atoms with Crippen LogP contribution in [0.5, 0.6) is 0 Å². The molecule has 0 radical (unpaired) electrons. The van der Waals surface area contributed by atoms with Crippen LogP contribution in [0.3, 0.4) is 0 Å². The van der Waals surface area contributed by atoms with E-state index < -0.39 is 17.3 Å². The van der Waals surface area contributed by atoms with Crippen molar-refractivity contribution in [1.82, 2.24) is 5.43 Å². The SMILES string of the molecule is O=C(N/N=C\C12c3ccccc3C(c3ccccc31)[C@H]1C(=O)N(c3ccccc3)C(=O)[C@H]12)c1cccc(Br)c1. The number of nitrogens with one attached hydrogen (secondary N) is 1. The number of benzene rings is 4. The van der Waals surface area contributed by atoms with Gasteiger partial charge in [0.15, 0.2) is 0 Å². The first-order valence-corrected chi connectivity index (χ1v) is 13.5. The third-order valence-electron chi connectivity index (χ3n) is 8.22. The van der Waals surface area contributed by atoms with Crippen molar-refractivity contribution in [3.63, 3.8) is 0 Å². The second kappa shape index (κ2) is 8.85. The zero-order chi connectivity index (χ0) is 26.7. The van der Waals surface area contributed by atoms with Gasteiger partial charge in [0.1, 0.15) is 0 Å². The normalized spacial score (nSPS) is 24.4. The van der Waals surface area contributed by atoms with Gasteiger partial charge in [-0.1, -0.05) is 88.7 Å². The van der Waals surface area contributed by atoms with Crippen LogP contribution in [-0.4, -0.2) is 23.9 Å². The van der Waals surface area contributed by atoms with Gasteiger partial charge < -0.3 is 0 Å². The van der Waals surface area contributed by atoms with Gasteiger partial charge >= 0.3 is 0 Å². The molecule has 2 atom stereocenters. The van der Waals surface area contributed by atoms with E-state index in [4.69, 9.17) is 0 Å². The maximum absolute atomic E-state index is 14.3. The van der Waals surface area contributed by atoms with Crippen molar-refractivity contribution >= 4 is 45.6 Å². The smallest absolute Gasteiger partial charge is 0.271 e. The van der Waals surface area contributed by atoms with Crippen molar-refractivity contribution in [1.29, 1.82) is 0 Å². The molecule has 1 heterocycles. The number of hydrogen-bond acceptors (Lipinski definition) is 4. The molecule has 1 N–H and O–H groups in total. The Labute approximate surface area is 233 Å². The lowest BCUT2D eigenvalue weighted by Gasteiger charge is -2.52. The number of halogens is 1.